The van der Waals surface area contributed by atoms with Crippen molar-refractivity contribution in [1.82, 2.24) is 10.2 Å². The monoisotopic (exact) mass is 627 g/mol. The standard InChI is InChI=1S/C35H53N3O7/c1-5-37(6-2)34(39)26-45-33-24-36-23-32(35(33)28-11-13-29(14-12-28)42-20-8-7-18-40-3)44-25-27-10-15-31-30(22-27)38(17-21-43-31)16-9-19-41-4/h10-15,22,32-33,35-36H,5-9,16-21,23-26H2,1-4H3/t32-,33+,35+/m0/s1. The van der Waals surface area contributed by atoms with Gasteiger partial charge < -0.3 is 43.5 Å². The van der Waals surface area contributed by atoms with Gasteiger partial charge in [0.2, 0.25) is 5.91 Å². The minimum Gasteiger partial charge on any atom is -0.494 e. The van der Waals surface area contributed by atoms with E-state index < -0.39 is 0 Å². The normalized spacial score (nSPS) is 19.6. The number of hydrogen-bond acceptors (Lipinski definition) is 9. The van der Waals surface area contributed by atoms with Gasteiger partial charge in [0.15, 0.2) is 0 Å². The number of ether oxygens (including phenoxy) is 6. The second kappa shape index (κ2) is 18.9. The Morgan fingerprint density at radius 2 is 1.64 bits per heavy atom. The molecule has 0 radical (unpaired) electrons. The third-order valence-corrected chi connectivity index (χ3v) is 8.53. The van der Waals surface area contributed by atoms with Gasteiger partial charge in [-0.3, -0.25) is 4.79 Å². The molecule has 2 aliphatic rings. The number of piperidine rings is 1. The smallest absolute Gasteiger partial charge is 0.248 e. The molecule has 2 heterocycles. The summed E-state index contributed by atoms with van der Waals surface area (Å²) >= 11 is 0. The van der Waals surface area contributed by atoms with Gasteiger partial charge in [-0.05, 0) is 68.5 Å². The largest absolute Gasteiger partial charge is 0.494 e. The van der Waals surface area contributed by atoms with Gasteiger partial charge in [0.25, 0.3) is 0 Å². The highest BCUT2D eigenvalue weighted by molar-refractivity contribution is 5.77. The van der Waals surface area contributed by atoms with Crippen molar-refractivity contribution in [3.63, 3.8) is 0 Å². The molecule has 2 aromatic carbocycles. The summed E-state index contributed by atoms with van der Waals surface area (Å²) in [6.07, 6.45) is 2.49. The van der Waals surface area contributed by atoms with Crippen molar-refractivity contribution < 1.29 is 33.2 Å². The lowest BCUT2D eigenvalue weighted by Crippen LogP contribution is -2.51. The van der Waals surface area contributed by atoms with Crippen molar-refractivity contribution in [2.24, 2.45) is 0 Å². The van der Waals surface area contributed by atoms with Gasteiger partial charge in [-0.2, -0.15) is 0 Å². The summed E-state index contributed by atoms with van der Waals surface area (Å²) in [7, 11) is 3.46. The second-order valence-corrected chi connectivity index (χ2v) is 11.6. The van der Waals surface area contributed by atoms with Crippen molar-refractivity contribution >= 4 is 11.6 Å². The first kappa shape index (κ1) is 35.0. The van der Waals surface area contributed by atoms with E-state index in [9.17, 15) is 4.79 Å². The van der Waals surface area contributed by atoms with Crippen molar-refractivity contribution in [3.8, 4) is 11.5 Å². The van der Waals surface area contributed by atoms with E-state index in [2.05, 4.69) is 34.5 Å². The summed E-state index contributed by atoms with van der Waals surface area (Å²) in [5.74, 6) is 1.69. The second-order valence-electron chi connectivity index (χ2n) is 11.6. The number of anilines is 1. The number of hydrogen-bond donors (Lipinski definition) is 1. The van der Waals surface area contributed by atoms with E-state index in [1.54, 1.807) is 19.1 Å². The van der Waals surface area contributed by atoms with Crippen LogP contribution in [0.1, 0.15) is 50.2 Å². The lowest BCUT2D eigenvalue weighted by atomic mass is 9.85. The van der Waals surface area contributed by atoms with Crippen LogP contribution in [0.15, 0.2) is 42.5 Å². The predicted molar refractivity (Wildman–Crippen MR) is 176 cm³/mol. The molecule has 1 amide bonds. The van der Waals surface area contributed by atoms with E-state index in [4.69, 9.17) is 28.4 Å². The molecule has 0 unspecified atom stereocenters. The number of nitrogens with one attached hydrogen (secondary N) is 1. The zero-order valence-electron chi connectivity index (χ0n) is 27.6. The molecule has 45 heavy (non-hydrogen) atoms. The van der Waals surface area contributed by atoms with Gasteiger partial charge in [-0.25, -0.2) is 0 Å². The summed E-state index contributed by atoms with van der Waals surface area (Å²) in [5, 5.41) is 3.49. The summed E-state index contributed by atoms with van der Waals surface area (Å²) < 4.78 is 35.3. The van der Waals surface area contributed by atoms with Crippen LogP contribution >= 0.6 is 0 Å². The van der Waals surface area contributed by atoms with E-state index in [1.165, 1.54) is 0 Å². The first-order valence-electron chi connectivity index (χ1n) is 16.5. The first-order chi connectivity index (χ1) is 22.1. The number of nitrogens with zero attached hydrogens (tertiary/aromatic N) is 2. The number of benzene rings is 2. The Labute approximate surface area is 269 Å². The van der Waals surface area contributed by atoms with Gasteiger partial charge in [0.1, 0.15) is 24.7 Å². The summed E-state index contributed by atoms with van der Waals surface area (Å²) in [6, 6.07) is 14.6. The Morgan fingerprint density at radius 3 is 2.38 bits per heavy atom. The number of likely N-dealkylation sites (N-methyl/N-ethyl adjacent to an activating group) is 1. The molecule has 0 bridgehead atoms. The molecular formula is C35H53N3O7. The number of carbonyl (C=O) groups excluding carboxylic acids is 1. The van der Waals surface area contributed by atoms with Crippen molar-refractivity contribution in [2.45, 2.75) is 57.8 Å². The summed E-state index contributed by atoms with van der Waals surface area (Å²) in [4.78, 5) is 17.0. The van der Waals surface area contributed by atoms with E-state index in [1.807, 2.05) is 32.0 Å². The number of methoxy groups -OCH3 is 2. The molecule has 1 saturated heterocycles. The van der Waals surface area contributed by atoms with Crippen molar-refractivity contribution in [1.29, 1.82) is 0 Å². The van der Waals surface area contributed by atoms with Crippen LogP contribution in [0.4, 0.5) is 5.69 Å². The molecule has 0 aromatic heterocycles. The average molecular weight is 628 g/mol. The lowest BCUT2D eigenvalue weighted by molar-refractivity contribution is -0.140. The third kappa shape index (κ3) is 10.3. The first-order valence-corrected chi connectivity index (χ1v) is 16.5. The molecule has 3 atom stereocenters. The lowest BCUT2D eigenvalue weighted by Gasteiger charge is -2.39. The Morgan fingerprint density at radius 1 is 0.933 bits per heavy atom. The minimum absolute atomic E-state index is 0.00495. The molecule has 10 heteroatoms. The van der Waals surface area contributed by atoms with Crippen LogP contribution in [0.3, 0.4) is 0 Å². The average Bonchev–Trinajstić information content (AvgIpc) is 3.07. The molecule has 2 aromatic rings. The molecule has 0 aliphatic carbocycles. The molecule has 0 spiro atoms. The maximum absolute atomic E-state index is 12.8. The highest BCUT2D eigenvalue weighted by Gasteiger charge is 2.36. The molecule has 4 rings (SSSR count). The van der Waals surface area contributed by atoms with Gasteiger partial charge in [-0.1, -0.05) is 18.2 Å². The van der Waals surface area contributed by atoms with Gasteiger partial charge >= 0.3 is 0 Å². The molecule has 1 N–H and O–H groups in total. The molecule has 2 aliphatic heterocycles. The zero-order valence-corrected chi connectivity index (χ0v) is 27.6. The topological polar surface area (TPSA) is 91.0 Å². The van der Waals surface area contributed by atoms with Crippen LogP contribution in [0.25, 0.3) is 0 Å². The number of carbonyl (C=O) groups is 1. The van der Waals surface area contributed by atoms with E-state index in [-0.39, 0.29) is 30.6 Å². The Hall–Kier alpha value is -2.89. The molecule has 0 saturated carbocycles. The van der Waals surface area contributed by atoms with Crippen LogP contribution in [-0.2, 0) is 30.3 Å². The number of fused-ring (bicyclic) bond motifs is 1. The van der Waals surface area contributed by atoms with E-state index >= 15 is 0 Å². The van der Waals surface area contributed by atoms with Crippen LogP contribution in [0.5, 0.6) is 11.5 Å². The van der Waals surface area contributed by atoms with Crippen LogP contribution < -0.4 is 19.7 Å². The number of unbranched alkanes of at least 4 members (excludes halogenated alkanes) is 1. The highest BCUT2D eigenvalue weighted by atomic mass is 16.5. The fourth-order valence-corrected chi connectivity index (χ4v) is 6.03. The maximum atomic E-state index is 12.8. The Bertz CT molecular complexity index is 1140. The van der Waals surface area contributed by atoms with Crippen LogP contribution in [0.2, 0.25) is 0 Å². The third-order valence-electron chi connectivity index (χ3n) is 8.53. The van der Waals surface area contributed by atoms with Crippen molar-refractivity contribution in [2.75, 3.05) is 91.4 Å². The highest BCUT2D eigenvalue weighted by Crippen LogP contribution is 2.35. The van der Waals surface area contributed by atoms with Crippen LogP contribution in [0, 0.1) is 0 Å². The fraction of sp³-hybridized carbons (Fsp3) is 0.629. The molecule has 250 valence electrons. The van der Waals surface area contributed by atoms with Gasteiger partial charge in [0.05, 0.1) is 37.7 Å². The van der Waals surface area contributed by atoms with E-state index in [0.29, 0.717) is 46.0 Å². The molecule has 10 nitrogen and oxygen atoms in total. The zero-order chi connectivity index (χ0) is 31.9. The summed E-state index contributed by atoms with van der Waals surface area (Å²) in [5.41, 5.74) is 3.30. The van der Waals surface area contributed by atoms with Crippen LogP contribution in [-0.4, -0.2) is 110 Å². The van der Waals surface area contributed by atoms with Gasteiger partial charge in [0, 0.05) is 66.1 Å². The minimum atomic E-state index is -0.225. The SMILES string of the molecule is CCN(CC)C(=O)CO[C@@H]1CNC[C@H](OCc2ccc3c(c2)N(CCCOC)CCO3)[C@H]1c1ccc(OCCCCOC)cc1. The number of amides is 1. The Balaban J connectivity index is 1.47. The van der Waals surface area contributed by atoms with Crippen molar-refractivity contribution in [3.05, 3.63) is 53.6 Å². The fourth-order valence-electron chi connectivity index (χ4n) is 6.03. The van der Waals surface area contributed by atoms with E-state index in [0.717, 1.165) is 73.9 Å². The predicted octanol–water partition coefficient (Wildman–Crippen LogP) is 4.25. The molecular weight excluding hydrogens is 574 g/mol. The molecule has 1 fully saturated rings. The maximum Gasteiger partial charge on any atom is 0.248 e. The Kier molecular flexibility index (Phi) is 14.7. The van der Waals surface area contributed by atoms with Gasteiger partial charge in [-0.15, -0.1) is 0 Å². The summed E-state index contributed by atoms with van der Waals surface area (Å²) in [6.45, 7) is 11.7. The quantitative estimate of drug-likeness (QED) is 0.230. The number of rotatable bonds is 19.